The number of hydrogen-bond donors (Lipinski definition) is 1. The van der Waals surface area contributed by atoms with Crippen LogP contribution >= 0.6 is 11.6 Å². The maximum absolute atomic E-state index is 13.8. The lowest BCUT2D eigenvalue weighted by molar-refractivity contribution is 0.627. The molecular formula is C15H16ClFN2. The second-order valence-corrected chi connectivity index (χ2v) is 4.76. The Kier molecular flexibility index (Phi) is 4.40. The summed E-state index contributed by atoms with van der Waals surface area (Å²) in [5.41, 5.74) is 8.06. The lowest BCUT2D eigenvalue weighted by Gasteiger charge is -2.23. The van der Waals surface area contributed by atoms with Gasteiger partial charge in [0.25, 0.3) is 0 Å². The maximum Gasteiger partial charge on any atom is 0.146 e. The second kappa shape index (κ2) is 6.04. The summed E-state index contributed by atoms with van der Waals surface area (Å²) in [6.45, 7) is 0.541. The van der Waals surface area contributed by atoms with E-state index in [0.29, 0.717) is 17.3 Å². The minimum Gasteiger partial charge on any atom is -0.342 e. The lowest BCUT2D eigenvalue weighted by Crippen LogP contribution is -2.15. The second-order valence-electron chi connectivity index (χ2n) is 4.32. The predicted molar refractivity (Wildman–Crippen MR) is 78.7 cm³/mol. The normalized spacial score (nSPS) is 10.5. The molecule has 0 radical (unpaired) electrons. The molecule has 2 aromatic carbocycles. The first kappa shape index (κ1) is 13.8. The average molecular weight is 279 g/mol. The average Bonchev–Trinajstić information content (AvgIpc) is 2.41. The number of para-hydroxylation sites is 1. The van der Waals surface area contributed by atoms with E-state index in [0.717, 1.165) is 17.7 Å². The van der Waals surface area contributed by atoms with E-state index < -0.39 is 0 Å². The third-order valence-corrected chi connectivity index (χ3v) is 3.27. The molecule has 0 atom stereocenters. The van der Waals surface area contributed by atoms with E-state index in [4.69, 9.17) is 17.3 Å². The molecule has 100 valence electrons. The zero-order valence-electron chi connectivity index (χ0n) is 10.7. The fourth-order valence-electron chi connectivity index (χ4n) is 2.07. The Morgan fingerprint density at radius 2 is 1.89 bits per heavy atom. The SMILES string of the molecule is CN(c1ccccc1F)c1cc(Cl)ccc1CCN. The number of rotatable bonds is 4. The van der Waals surface area contributed by atoms with Crippen LogP contribution in [0, 0.1) is 5.82 Å². The Morgan fingerprint density at radius 1 is 1.16 bits per heavy atom. The van der Waals surface area contributed by atoms with Gasteiger partial charge in [0.1, 0.15) is 5.82 Å². The molecule has 0 aliphatic rings. The summed E-state index contributed by atoms with van der Waals surface area (Å²) in [7, 11) is 1.82. The van der Waals surface area contributed by atoms with Gasteiger partial charge in [0.2, 0.25) is 0 Å². The van der Waals surface area contributed by atoms with E-state index in [1.165, 1.54) is 6.07 Å². The highest BCUT2D eigenvalue weighted by atomic mass is 35.5. The maximum atomic E-state index is 13.8. The first-order valence-electron chi connectivity index (χ1n) is 6.10. The lowest BCUT2D eigenvalue weighted by atomic mass is 10.1. The summed E-state index contributed by atoms with van der Waals surface area (Å²) in [5, 5.41) is 0.624. The van der Waals surface area contributed by atoms with Gasteiger partial charge in [-0.25, -0.2) is 4.39 Å². The molecule has 0 aliphatic heterocycles. The number of benzene rings is 2. The molecule has 2 aromatic rings. The van der Waals surface area contributed by atoms with Crippen molar-refractivity contribution >= 4 is 23.0 Å². The summed E-state index contributed by atoms with van der Waals surface area (Å²) in [6, 6.07) is 12.3. The number of nitrogens with two attached hydrogens (primary N) is 1. The molecule has 0 heterocycles. The molecule has 19 heavy (non-hydrogen) atoms. The Balaban J connectivity index is 2.45. The Bertz CT molecular complexity index is 572. The molecule has 0 aliphatic carbocycles. The molecular weight excluding hydrogens is 263 g/mol. The number of nitrogens with zero attached hydrogens (tertiary/aromatic N) is 1. The largest absolute Gasteiger partial charge is 0.342 e. The zero-order valence-corrected chi connectivity index (χ0v) is 11.5. The highest BCUT2D eigenvalue weighted by molar-refractivity contribution is 6.30. The van der Waals surface area contributed by atoms with Gasteiger partial charge in [0, 0.05) is 17.8 Å². The van der Waals surface area contributed by atoms with Crippen molar-refractivity contribution < 1.29 is 4.39 Å². The summed E-state index contributed by atoms with van der Waals surface area (Å²) in [5.74, 6) is -0.260. The smallest absolute Gasteiger partial charge is 0.146 e. The van der Waals surface area contributed by atoms with Gasteiger partial charge in [-0.05, 0) is 42.8 Å². The van der Waals surface area contributed by atoms with Crippen LogP contribution in [0.3, 0.4) is 0 Å². The number of anilines is 2. The first-order valence-corrected chi connectivity index (χ1v) is 6.48. The Labute approximate surface area is 117 Å². The Hall–Kier alpha value is -1.58. The van der Waals surface area contributed by atoms with Gasteiger partial charge >= 0.3 is 0 Å². The molecule has 0 amide bonds. The number of halogens is 2. The molecule has 0 aromatic heterocycles. The van der Waals surface area contributed by atoms with Gasteiger partial charge in [-0.3, -0.25) is 0 Å². The molecule has 0 saturated carbocycles. The van der Waals surface area contributed by atoms with Gasteiger partial charge in [0.05, 0.1) is 5.69 Å². The van der Waals surface area contributed by atoms with Crippen LogP contribution in [0.1, 0.15) is 5.56 Å². The monoisotopic (exact) mass is 278 g/mol. The molecule has 2 N–H and O–H groups in total. The highest BCUT2D eigenvalue weighted by Crippen LogP contribution is 2.31. The molecule has 0 saturated heterocycles. The summed E-state index contributed by atoms with van der Waals surface area (Å²) >= 11 is 6.04. The Morgan fingerprint density at radius 3 is 2.58 bits per heavy atom. The van der Waals surface area contributed by atoms with E-state index >= 15 is 0 Å². The highest BCUT2D eigenvalue weighted by Gasteiger charge is 2.12. The van der Waals surface area contributed by atoms with Crippen LogP contribution in [0.15, 0.2) is 42.5 Å². The fourth-order valence-corrected chi connectivity index (χ4v) is 2.24. The molecule has 0 fully saturated rings. The van der Waals surface area contributed by atoms with Crippen LogP contribution in [-0.4, -0.2) is 13.6 Å². The van der Waals surface area contributed by atoms with Crippen molar-refractivity contribution in [1.82, 2.24) is 0 Å². The summed E-state index contributed by atoms with van der Waals surface area (Å²) in [6.07, 6.45) is 0.727. The van der Waals surface area contributed by atoms with Crippen LogP contribution in [0.5, 0.6) is 0 Å². The van der Waals surface area contributed by atoms with Crippen molar-refractivity contribution in [2.75, 3.05) is 18.5 Å². The molecule has 0 bridgehead atoms. The van der Waals surface area contributed by atoms with Crippen molar-refractivity contribution in [3.05, 3.63) is 58.9 Å². The van der Waals surface area contributed by atoms with Gasteiger partial charge in [-0.1, -0.05) is 29.8 Å². The van der Waals surface area contributed by atoms with E-state index in [1.54, 1.807) is 17.0 Å². The standard InChI is InChI=1S/C15H16ClFN2/c1-19(14-5-3-2-4-13(14)17)15-10-12(16)7-6-11(15)8-9-18/h2-7,10H,8-9,18H2,1H3. The van der Waals surface area contributed by atoms with Gasteiger partial charge in [-0.2, -0.15) is 0 Å². The zero-order chi connectivity index (χ0) is 13.8. The van der Waals surface area contributed by atoms with Crippen molar-refractivity contribution in [2.45, 2.75) is 6.42 Å². The summed E-state index contributed by atoms with van der Waals surface area (Å²) in [4.78, 5) is 1.80. The first-order chi connectivity index (χ1) is 9.13. The van der Waals surface area contributed by atoms with E-state index in [1.807, 2.05) is 31.3 Å². The van der Waals surface area contributed by atoms with Gasteiger partial charge in [-0.15, -0.1) is 0 Å². The van der Waals surface area contributed by atoms with E-state index in [2.05, 4.69) is 0 Å². The number of hydrogen-bond acceptors (Lipinski definition) is 2. The minimum absolute atomic E-state index is 0.260. The molecule has 0 unspecified atom stereocenters. The van der Waals surface area contributed by atoms with Crippen LogP contribution in [0.25, 0.3) is 0 Å². The van der Waals surface area contributed by atoms with Crippen molar-refractivity contribution in [3.63, 3.8) is 0 Å². The third kappa shape index (κ3) is 3.06. The minimum atomic E-state index is -0.260. The van der Waals surface area contributed by atoms with E-state index in [-0.39, 0.29) is 5.82 Å². The van der Waals surface area contributed by atoms with Crippen LogP contribution in [0.2, 0.25) is 5.02 Å². The van der Waals surface area contributed by atoms with Gasteiger partial charge < -0.3 is 10.6 Å². The predicted octanol–water partition coefficient (Wildman–Crippen LogP) is 3.75. The van der Waals surface area contributed by atoms with Crippen molar-refractivity contribution in [3.8, 4) is 0 Å². The molecule has 2 rings (SSSR count). The quantitative estimate of drug-likeness (QED) is 0.923. The third-order valence-electron chi connectivity index (χ3n) is 3.04. The van der Waals surface area contributed by atoms with E-state index in [9.17, 15) is 4.39 Å². The van der Waals surface area contributed by atoms with Crippen LogP contribution in [-0.2, 0) is 6.42 Å². The summed E-state index contributed by atoms with van der Waals surface area (Å²) < 4.78 is 13.8. The fraction of sp³-hybridized carbons (Fsp3) is 0.200. The van der Waals surface area contributed by atoms with Crippen LogP contribution < -0.4 is 10.6 Å². The van der Waals surface area contributed by atoms with Crippen LogP contribution in [0.4, 0.5) is 15.8 Å². The molecule has 2 nitrogen and oxygen atoms in total. The molecule has 0 spiro atoms. The topological polar surface area (TPSA) is 29.3 Å². The van der Waals surface area contributed by atoms with Crippen molar-refractivity contribution in [1.29, 1.82) is 0 Å². The van der Waals surface area contributed by atoms with Gasteiger partial charge in [0.15, 0.2) is 0 Å². The molecule has 4 heteroatoms. The van der Waals surface area contributed by atoms with Crippen molar-refractivity contribution in [2.24, 2.45) is 5.73 Å².